The Morgan fingerprint density at radius 3 is 2.78 bits per heavy atom. The Bertz CT molecular complexity index is 284. The van der Waals surface area contributed by atoms with Gasteiger partial charge < -0.3 is 15.0 Å². The van der Waals surface area contributed by atoms with Crippen molar-refractivity contribution < 1.29 is 4.74 Å². The van der Waals surface area contributed by atoms with Gasteiger partial charge >= 0.3 is 0 Å². The molecule has 5 atom stereocenters. The van der Waals surface area contributed by atoms with E-state index in [9.17, 15) is 0 Å². The van der Waals surface area contributed by atoms with Crippen molar-refractivity contribution in [2.75, 3.05) is 26.2 Å². The number of piperidine rings is 1. The van der Waals surface area contributed by atoms with Crippen LogP contribution in [0.25, 0.3) is 0 Å². The fourth-order valence-corrected chi connectivity index (χ4v) is 4.23. The van der Waals surface area contributed by atoms with Crippen LogP contribution in [0, 0.1) is 11.8 Å². The molecule has 0 aliphatic carbocycles. The number of nitrogens with zero attached hydrogens (tertiary/aromatic N) is 1. The number of likely N-dealkylation sites (tertiary alicyclic amines) is 1. The highest BCUT2D eigenvalue weighted by atomic mass is 16.5. The normalized spacial score (nSPS) is 44.7. The van der Waals surface area contributed by atoms with Crippen LogP contribution in [0.15, 0.2) is 0 Å². The van der Waals surface area contributed by atoms with Crippen molar-refractivity contribution >= 4 is 0 Å². The molecule has 104 valence electrons. The fourth-order valence-electron chi connectivity index (χ4n) is 4.23. The molecular weight excluding hydrogens is 224 g/mol. The van der Waals surface area contributed by atoms with Crippen molar-refractivity contribution in [3.05, 3.63) is 0 Å². The number of nitrogens with one attached hydrogen (secondary N) is 1. The van der Waals surface area contributed by atoms with Crippen molar-refractivity contribution in [3.8, 4) is 0 Å². The first kappa shape index (κ1) is 12.9. The minimum absolute atomic E-state index is 0.594. The Balaban J connectivity index is 1.47. The summed E-state index contributed by atoms with van der Waals surface area (Å²) < 4.78 is 5.97. The van der Waals surface area contributed by atoms with Crippen molar-refractivity contribution in [3.63, 3.8) is 0 Å². The largest absolute Gasteiger partial charge is 0.375 e. The van der Waals surface area contributed by atoms with Gasteiger partial charge in [0.2, 0.25) is 0 Å². The van der Waals surface area contributed by atoms with Crippen molar-refractivity contribution in [1.29, 1.82) is 0 Å². The Labute approximate surface area is 111 Å². The highest BCUT2D eigenvalue weighted by molar-refractivity contribution is 4.92. The highest BCUT2D eigenvalue weighted by Crippen LogP contribution is 2.39. The van der Waals surface area contributed by atoms with Crippen LogP contribution in [0.1, 0.15) is 39.5 Å². The van der Waals surface area contributed by atoms with Crippen molar-refractivity contribution in [2.45, 2.75) is 57.8 Å². The molecule has 0 aromatic heterocycles. The van der Waals surface area contributed by atoms with Crippen LogP contribution >= 0.6 is 0 Å². The summed E-state index contributed by atoms with van der Waals surface area (Å²) in [4.78, 5) is 2.69. The second-order valence-corrected chi connectivity index (χ2v) is 6.56. The van der Waals surface area contributed by atoms with Crippen molar-refractivity contribution in [1.82, 2.24) is 10.2 Å². The molecule has 0 radical (unpaired) electrons. The van der Waals surface area contributed by atoms with Gasteiger partial charge in [0.25, 0.3) is 0 Å². The molecule has 0 aromatic carbocycles. The minimum atomic E-state index is 0.594. The van der Waals surface area contributed by atoms with E-state index in [0.717, 1.165) is 24.4 Å². The number of hydrogen-bond acceptors (Lipinski definition) is 3. The van der Waals surface area contributed by atoms with Gasteiger partial charge in [-0.05, 0) is 44.7 Å². The van der Waals surface area contributed by atoms with E-state index < -0.39 is 0 Å². The van der Waals surface area contributed by atoms with E-state index in [1.54, 1.807) is 0 Å². The summed E-state index contributed by atoms with van der Waals surface area (Å²) in [5.74, 6) is 1.62. The monoisotopic (exact) mass is 252 g/mol. The summed E-state index contributed by atoms with van der Waals surface area (Å²) in [6, 6.07) is 0.738. The maximum absolute atomic E-state index is 5.97. The van der Waals surface area contributed by atoms with Crippen LogP contribution < -0.4 is 5.32 Å². The molecule has 3 saturated heterocycles. The van der Waals surface area contributed by atoms with E-state index in [4.69, 9.17) is 4.74 Å². The number of fused-ring (bicyclic) bond motifs is 2. The number of ether oxygens (including phenoxy) is 1. The molecule has 0 aromatic rings. The van der Waals surface area contributed by atoms with E-state index in [1.165, 1.54) is 45.3 Å². The van der Waals surface area contributed by atoms with Gasteiger partial charge in [-0.3, -0.25) is 0 Å². The number of hydrogen-bond donors (Lipinski definition) is 1. The Morgan fingerprint density at radius 1 is 1.28 bits per heavy atom. The lowest BCUT2D eigenvalue weighted by Gasteiger charge is -2.39. The lowest BCUT2D eigenvalue weighted by atomic mass is 9.87. The van der Waals surface area contributed by atoms with E-state index in [1.807, 2.05) is 0 Å². The topological polar surface area (TPSA) is 24.5 Å². The molecule has 18 heavy (non-hydrogen) atoms. The zero-order valence-electron chi connectivity index (χ0n) is 11.9. The maximum atomic E-state index is 5.97. The van der Waals surface area contributed by atoms with Gasteiger partial charge in [0, 0.05) is 25.0 Å². The van der Waals surface area contributed by atoms with E-state index in [0.29, 0.717) is 12.2 Å². The molecule has 3 heterocycles. The number of rotatable bonds is 4. The summed E-state index contributed by atoms with van der Waals surface area (Å²) in [6.45, 7) is 9.55. The van der Waals surface area contributed by atoms with Crippen molar-refractivity contribution in [2.24, 2.45) is 11.8 Å². The van der Waals surface area contributed by atoms with Gasteiger partial charge in [0.1, 0.15) is 0 Å². The molecule has 0 saturated carbocycles. The van der Waals surface area contributed by atoms with Gasteiger partial charge in [0.15, 0.2) is 0 Å². The van der Waals surface area contributed by atoms with Gasteiger partial charge in [-0.1, -0.05) is 13.8 Å². The third-order valence-electron chi connectivity index (χ3n) is 5.18. The molecule has 0 amide bonds. The van der Waals surface area contributed by atoms with Gasteiger partial charge in [-0.25, -0.2) is 0 Å². The average Bonchev–Trinajstić information content (AvgIpc) is 2.95. The van der Waals surface area contributed by atoms with Gasteiger partial charge in [-0.15, -0.1) is 0 Å². The quantitative estimate of drug-likeness (QED) is 0.827. The molecule has 0 spiro atoms. The van der Waals surface area contributed by atoms with E-state index in [-0.39, 0.29) is 0 Å². The standard InChI is InChI=1S/C15H28N2O/c1-3-16-14-6-7-17(9-11(14)2)10-12-8-13-4-5-15(12)18-13/h11-16H,3-10H2,1-2H3. The second kappa shape index (κ2) is 5.48. The molecule has 2 bridgehead atoms. The first-order valence-corrected chi connectivity index (χ1v) is 7.87. The zero-order valence-corrected chi connectivity index (χ0v) is 11.9. The van der Waals surface area contributed by atoms with Crippen LogP contribution in [-0.4, -0.2) is 49.3 Å². The SMILES string of the molecule is CCNC1CCN(CC2CC3CCC2O3)CC1C. The smallest absolute Gasteiger partial charge is 0.0621 e. The molecule has 3 aliphatic heterocycles. The summed E-state index contributed by atoms with van der Waals surface area (Å²) in [5.41, 5.74) is 0. The summed E-state index contributed by atoms with van der Waals surface area (Å²) in [6.07, 6.45) is 6.48. The first-order chi connectivity index (χ1) is 8.76. The Hall–Kier alpha value is -0.120. The predicted octanol–water partition coefficient (Wildman–Crippen LogP) is 1.87. The molecule has 3 aliphatic rings. The molecular formula is C15H28N2O. The third-order valence-corrected chi connectivity index (χ3v) is 5.18. The zero-order chi connectivity index (χ0) is 12.5. The molecule has 3 nitrogen and oxygen atoms in total. The summed E-state index contributed by atoms with van der Waals surface area (Å²) in [5, 5.41) is 3.62. The first-order valence-electron chi connectivity index (χ1n) is 7.87. The Morgan fingerprint density at radius 2 is 2.17 bits per heavy atom. The maximum Gasteiger partial charge on any atom is 0.0621 e. The third kappa shape index (κ3) is 2.59. The van der Waals surface area contributed by atoms with Crippen LogP contribution in [0.5, 0.6) is 0 Å². The summed E-state index contributed by atoms with van der Waals surface area (Å²) >= 11 is 0. The van der Waals surface area contributed by atoms with Gasteiger partial charge in [0.05, 0.1) is 12.2 Å². The second-order valence-electron chi connectivity index (χ2n) is 6.56. The Kier molecular flexibility index (Phi) is 3.92. The predicted molar refractivity (Wildman–Crippen MR) is 73.7 cm³/mol. The molecule has 5 unspecified atom stereocenters. The van der Waals surface area contributed by atoms with Gasteiger partial charge in [-0.2, -0.15) is 0 Å². The van der Waals surface area contributed by atoms with E-state index >= 15 is 0 Å². The molecule has 3 heteroatoms. The lowest BCUT2D eigenvalue weighted by molar-refractivity contribution is 0.0733. The highest BCUT2D eigenvalue weighted by Gasteiger charge is 2.41. The van der Waals surface area contributed by atoms with Crippen LogP contribution in [-0.2, 0) is 4.74 Å². The minimum Gasteiger partial charge on any atom is -0.375 e. The summed E-state index contributed by atoms with van der Waals surface area (Å²) in [7, 11) is 0. The van der Waals surface area contributed by atoms with Crippen LogP contribution in [0.3, 0.4) is 0 Å². The molecule has 3 rings (SSSR count). The van der Waals surface area contributed by atoms with Crippen LogP contribution in [0.4, 0.5) is 0 Å². The van der Waals surface area contributed by atoms with E-state index in [2.05, 4.69) is 24.1 Å². The lowest BCUT2D eigenvalue weighted by Crippen LogP contribution is -2.49. The average molecular weight is 252 g/mol. The van der Waals surface area contributed by atoms with Crippen LogP contribution in [0.2, 0.25) is 0 Å². The molecule has 3 fully saturated rings. The molecule has 1 N–H and O–H groups in total. The fraction of sp³-hybridized carbons (Fsp3) is 1.00.